The zero-order valence-corrected chi connectivity index (χ0v) is 24.0. The van der Waals surface area contributed by atoms with Crippen LogP contribution in [0, 0.1) is 17.3 Å². The lowest BCUT2D eigenvalue weighted by Gasteiger charge is -2.50. The molecule has 1 saturated heterocycles. The summed E-state index contributed by atoms with van der Waals surface area (Å²) in [5, 5.41) is 9.84. The van der Waals surface area contributed by atoms with Crippen molar-refractivity contribution in [3.8, 4) is 0 Å². The number of fused-ring (bicyclic) bond motifs is 3. The Kier molecular flexibility index (Phi) is 7.38. The molecule has 214 valence electrons. The van der Waals surface area contributed by atoms with Gasteiger partial charge in [0.25, 0.3) is 0 Å². The molecule has 4 aliphatic rings. The molecule has 2 saturated carbocycles. The van der Waals surface area contributed by atoms with Crippen molar-refractivity contribution < 1.29 is 18.8 Å². The number of nitrogens with zero attached hydrogens (tertiary/aromatic N) is 1. The minimum Gasteiger partial charge on any atom is -0.369 e. The van der Waals surface area contributed by atoms with Crippen LogP contribution in [-0.4, -0.2) is 41.6 Å². The number of amides is 3. The molecule has 2 spiro atoms. The van der Waals surface area contributed by atoms with Gasteiger partial charge in [-0.3, -0.25) is 19.7 Å². The van der Waals surface area contributed by atoms with E-state index in [4.69, 9.17) is 28.9 Å². The number of carbonyl (C=O) groups is 3. The third kappa shape index (κ3) is 4.65. The largest absolute Gasteiger partial charge is 0.369 e. The molecule has 40 heavy (non-hydrogen) atoms. The van der Waals surface area contributed by atoms with Gasteiger partial charge in [0.05, 0.1) is 12.0 Å². The number of hydrogen-bond acceptors (Lipinski definition) is 5. The van der Waals surface area contributed by atoms with Crippen LogP contribution in [0.25, 0.3) is 0 Å². The van der Waals surface area contributed by atoms with Crippen LogP contribution >= 0.6 is 23.2 Å². The van der Waals surface area contributed by atoms with Crippen LogP contribution in [0.4, 0.5) is 10.1 Å². The lowest BCUT2D eigenvalue weighted by atomic mass is 9.54. The average Bonchev–Trinajstić information content (AvgIpc) is 3.30. The van der Waals surface area contributed by atoms with Gasteiger partial charge in [-0.25, -0.2) is 9.38 Å². The first-order valence-corrected chi connectivity index (χ1v) is 14.3. The number of hydrogen-bond donors (Lipinski definition) is 4. The van der Waals surface area contributed by atoms with E-state index in [0.29, 0.717) is 42.0 Å². The molecule has 0 radical (unpaired) electrons. The third-order valence-corrected chi connectivity index (χ3v) is 9.70. The monoisotopic (exact) mass is 589 g/mol. The van der Waals surface area contributed by atoms with E-state index in [2.05, 4.69) is 41.4 Å². The first kappa shape index (κ1) is 28.8. The minimum absolute atomic E-state index is 0.0271. The lowest BCUT2D eigenvalue weighted by molar-refractivity contribution is -0.130. The normalized spacial score (nSPS) is 32.1. The number of primary amides is 1. The van der Waals surface area contributed by atoms with Gasteiger partial charge in [-0.15, -0.1) is 0 Å². The molecule has 0 bridgehead atoms. The number of anilines is 1. The standard InChI is InChI=1S/C29H34Cl2FN5O3/c1-15(30)34-11-6-20(32)22-23(25(39)35-18-12-16(13-18)24(33)38)37-28(9-7-27(2,3)8-10-28)29(22)19-5-4-17(31)14-21(19)36-26(29)40/h4-6,11,14,16,18,22-23,37H,1,7-10,12-13H2,2-3H3,(H2,33,38)(H,35,39)(H,36,40)/b20-6-,34-11?/t16?,18?,22-,23+,29+/m0/s1. The van der Waals surface area contributed by atoms with Crippen molar-refractivity contribution in [3.63, 3.8) is 0 Å². The molecular weight excluding hydrogens is 556 g/mol. The van der Waals surface area contributed by atoms with E-state index in [0.717, 1.165) is 18.9 Å². The fourth-order valence-electron chi connectivity index (χ4n) is 7.16. The average molecular weight is 591 g/mol. The summed E-state index contributed by atoms with van der Waals surface area (Å²) in [5.41, 5.74) is 4.20. The van der Waals surface area contributed by atoms with Crippen LogP contribution in [0.2, 0.25) is 5.02 Å². The number of benzene rings is 1. The molecule has 3 amide bonds. The molecule has 5 N–H and O–H groups in total. The van der Waals surface area contributed by atoms with Crippen molar-refractivity contribution in [1.82, 2.24) is 10.6 Å². The molecule has 2 aliphatic carbocycles. The first-order chi connectivity index (χ1) is 18.8. The van der Waals surface area contributed by atoms with Crippen molar-refractivity contribution in [3.05, 3.63) is 52.4 Å². The predicted octanol–water partition coefficient (Wildman–Crippen LogP) is 4.47. The second-order valence-corrected chi connectivity index (χ2v) is 13.2. The Morgan fingerprint density at radius 1 is 1.23 bits per heavy atom. The molecule has 1 aromatic rings. The Balaban J connectivity index is 1.63. The molecule has 1 aromatic carbocycles. The number of aliphatic imine (C=N–C) groups is 1. The Labute approximate surface area is 243 Å². The zero-order valence-electron chi connectivity index (χ0n) is 22.5. The van der Waals surface area contributed by atoms with Gasteiger partial charge in [0, 0.05) is 34.4 Å². The van der Waals surface area contributed by atoms with Gasteiger partial charge in [0.2, 0.25) is 17.7 Å². The summed E-state index contributed by atoms with van der Waals surface area (Å²) >= 11 is 12.0. The second-order valence-electron chi connectivity index (χ2n) is 12.3. The second kappa shape index (κ2) is 10.3. The maximum atomic E-state index is 16.5. The molecule has 0 aromatic heterocycles. The van der Waals surface area contributed by atoms with Gasteiger partial charge in [-0.2, -0.15) is 0 Å². The van der Waals surface area contributed by atoms with Crippen molar-refractivity contribution in [1.29, 1.82) is 0 Å². The van der Waals surface area contributed by atoms with Crippen molar-refractivity contribution in [2.45, 2.75) is 75.4 Å². The maximum absolute atomic E-state index is 16.5. The molecule has 5 rings (SSSR count). The topological polar surface area (TPSA) is 126 Å². The fourth-order valence-corrected chi connectivity index (χ4v) is 7.39. The fraction of sp³-hybridized carbons (Fsp3) is 0.517. The van der Waals surface area contributed by atoms with E-state index < -0.39 is 40.6 Å². The summed E-state index contributed by atoms with van der Waals surface area (Å²) in [6.07, 6.45) is 5.84. The number of carbonyl (C=O) groups excluding carboxylic acids is 3. The SMILES string of the molecule is C=C(Cl)N=C/C=C(\F)[C@H]1[C@H](C(=O)NC2CC(C(N)=O)C2)NC2(CCC(C)(C)CC2)[C@@]12C(=O)Nc1cc(Cl)ccc12. The smallest absolute Gasteiger partial charge is 0.238 e. The number of allylic oxidation sites excluding steroid dienone is 1. The van der Waals surface area contributed by atoms with E-state index in [-0.39, 0.29) is 28.4 Å². The Morgan fingerprint density at radius 3 is 2.52 bits per heavy atom. The van der Waals surface area contributed by atoms with Crippen LogP contribution in [0.3, 0.4) is 0 Å². The summed E-state index contributed by atoms with van der Waals surface area (Å²) in [6, 6.07) is 3.77. The van der Waals surface area contributed by atoms with E-state index in [9.17, 15) is 14.4 Å². The highest BCUT2D eigenvalue weighted by atomic mass is 35.5. The van der Waals surface area contributed by atoms with Crippen LogP contribution in [0.1, 0.15) is 57.9 Å². The highest BCUT2D eigenvalue weighted by Gasteiger charge is 2.73. The van der Waals surface area contributed by atoms with E-state index >= 15 is 4.39 Å². The van der Waals surface area contributed by atoms with E-state index in [1.807, 2.05) is 0 Å². The summed E-state index contributed by atoms with van der Waals surface area (Å²) in [7, 11) is 0. The minimum atomic E-state index is -1.44. The van der Waals surface area contributed by atoms with Gasteiger partial charge in [0.15, 0.2) is 0 Å². The molecule has 2 aliphatic heterocycles. The molecule has 3 fully saturated rings. The molecule has 3 atom stereocenters. The van der Waals surface area contributed by atoms with Crippen LogP contribution in [0.15, 0.2) is 46.8 Å². The van der Waals surface area contributed by atoms with Gasteiger partial charge in [-0.1, -0.05) is 49.7 Å². The quantitative estimate of drug-likeness (QED) is 0.288. The summed E-state index contributed by atoms with van der Waals surface area (Å²) in [5.74, 6) is -3.40. The molecular formula is C29H34Cl2FN5O3. The van der Waals surface area contributed by atoms with Gasteiger partial charge >= 0.3 is 0 Å². The molecule has 11 heteroatoms. The number of rotatable bonds is 6. The summed E-state index contributed by atoms with van der Waals surface area (Å²) in [6.45, 7) is 7.84. The Hall–Kier alpha value is -2.75. The van der Waals surface area contributed by atoms with Gasteiger partial charge < -0.3 is 16.4 Å². The Morgan fingerprint density at radius 2 is 1.90 bits per heavy atom. The van der Waals surface area contributed by atoms with Crippen LogP contribution in [-0.2, 0) is 19.8 Å². The lowest BCUT2D eigenvalue weighted by Crippen LogP contribution is -2.62. The highest BCUT2D eigenvalue weighted by molar-refractivity contribution is 6.31. The number of halogens is 3. The molecule has 8 nitrogen and oxygen atoms in total. The predicted molar refractivity (Wildman–Crippen MR) is 154 cm³/mol. The Bertz CT molecular complexity index is 1330. The van der Waals surface area contributed by atoms with Crippen molar-refractivity contribution in [2.24, 2.45) is 28.0 Å². The number of nitrogens with two attached hydrogens (primary N) is 1. The first-order valence-electron chi connectivity index (χ1n) is 13.5. The van der Waals surface area contributed by atoms with Gasteiger partial charge in [-0.05, 0) is 67.7 Å². The molecule has 0 unspecified atom stereocenters. The van der Waals surface area contributed by atoms with Gasteiger partial charge in [0.1, 0.15) is 16.4 Å². The summed E-state index contributed by atoms with van der Waals surface area (Å²) < 4.78 is 16.5. The maximum Gasteiger partial charge on any atom is 0.238 e. The van der Waals surface area contributed by atoms with Crippen LogP contribution in [0.5, 0.6) is 0 Å². The van der Waals surface area contributed by atoms with E-state index in [1.165, 1.54) is 6.21 Å². The van der Waals surface area contributed by atoms with E-state index in [1.54, 1.807) is 18.2 Å². The number of nitrogens with one attached hydrogen (secondary N) is 3. The van der Waals surface area contributed by atoms with Crippen LogP contribution < -0.4 is 21.7 Å². The highest BCUT2D eigenvalue weighted by Crippen LogP contribution is 2.62. The summed E-state index contributed by atoms with van der Waals surface area (Å²) in [4.78, 5) is 43.5. The third-order valence-electron chi connectivity index (χ3n) is 9.37. The molecule has 2 heterocycles. The van der Waals surface area contributed by atoms with Crippen molar-refractivity contribution in [2.75, 3.05) is 5.32 Å². The van der Waals surface area contributed by atoms with Crippen molar-refractivity contribution >= 4 is 52.8 Å². The zero-order chi connectivity index (χ0) is 29.0.